The predicted octanol–water partition coefficient (Wildman–Crippen LogP) is 2.50. The van der Waals surface area contributed by atoms with Gasteiger partial charge in [-0.15, -0.1) is 0 Å². The van der Waals surface area contributed by atoms with Crippen molar-refractivity contribution in [2.75, 3.05) is 18.4 Å². The molecule has 1 aliphatic heterocycles. The quantitative estimate of drug-likeness (QED) is 0.901. The molecule has 3 rings (SSSR count). The van der Waals surface area contributed by atoms with E-state index in [0.29, 0.717) is 31.1 Å². The highest BCUT2D eigenvalue weighted by atomic mass is 16.4. The number of carbonyl (C=O) groups is 1. The van der Waals surface area contributed by atoms with Crippen molar-refractivity contribution in [1.82, 2.24) is 9.88 Å². The number of likely N-dealkylation sites (tertiary alicyclic amines) is 1. The highest BCUT2D eigenvalue weighted by Gasteiger charge is 2.23. The zero-order valence-electron chi connectivity index (χ0n) is 14.1. The first-order valence-corrected chi connectivity index (χ1v) is 8.27. The number of benzene rings is 1. The third-order valence-electron chi connectivity index (χ3n) is 4.31. The molecular formula is C18H23N3O3. The molecular weight excluding hydrogens is 306 g/mol. The van der Waals surface area contributed by atoms with Gasteiger partial charge in [0.1, 0.15) is 5.76 Å². The topological polar surface area (TPSA) is 78.6 Å². The largest absolute Gasteiger partial charge is 0.444 e. The van der Waals surface area contributed by atoms with E-state index in [0.717, 1.165) is 30.0 Å². The minimum atomic E-state index is -0.416. The smallest absolute Gasteiger partial charge is 0.254 e. The molecule has 1 aliphatic rings. The second-order valence-electron chi connectivity index (χ2n) is 6.23. The van der Waals surface area contributed by atoms with E-state index in [4.69, 9.17) is 4.42 Å². The number of anilines is 1. The number of aryl methyl sites for hydroxylation is 2. The average molecular weight is 329 g/mol. The number of rotatable bonds is 4. The minimum Gasteiger partial charge on any atom is -0.444 e. The Kier molecular flexibility index (Phi) is 4.85. The Hall–Kier alpha value is -2.34. The van der Waals surface area contributed by atoms with Crippen molar-refractivity contribution in [3.05, 3.63) is 47.2 Å². The summed E-state index contributed by atoms with van der Waals surface area (Å²) in [7, 11) is 0. The summed E-state index contributed by atoms with van der Waals surface area (Å²) in [5.41, 5.74) is 2.35. The average Bonchev–Trinajstić information content (AvgIpc) is 2.91. The fraction of sp³-hybridized carbons (Fsp3) is 0.444. The van der Waals surface area contributed by atoms with E-state index in [1.54, 1.807) is 11.0 Å². The number of amides is 1. The van der Waals surface area contributed by atoms with Gasteiger partial charge in [-0.3, -0.25) is 4.79 Å². The lowest BCUT2D eigenvalue weighted by atomic mass is 10.1. The summed E-state index contributed by atoms with van der Waals surface area (Å²) in [6, 6.07) is 7.38. The van der Waals surface area contributed by atoms with Crippen LogP contribution in [-0.2, 0) is 6.54 Å². The minimum absolute atomic E-state index is 0.0415. The summed E-state index contributed by atoms with van der Waals surface area (Å²) in [6.07, 6.45) is 1.19. The molecule has 0 unspecified atom stereocenters. The molecule has 0 saturated carbocycles. The van der Waals surface area contributed by atoms with Gasteiger partial charge in [-0.05, 0) is 44.9 Å². The van der Waals surface area contributed by atoms with Gasteiger partial charge in [0.2, 0.25) is 5.89 Å². The predicted molar refractivity (Wildman–Crippen MR) is 90.9 cm³/mol. The molecule has 2 N–H and O–H groups in total. The summed E-state index contributed by atoms with van der Waals surface area (Å²) in [5.74, 6) is 1.40. The SMILES string of the molecule is Cc1nc(CNc2cccc(C(=O)N3CCC[C@H](O)C3)c2)oc1C. The lowest BCUT2D eigenvalue weighted by molar-refractivity contribution is 0.0474. The fourth-order valence-corrected chi connectivity index (χ4v) is 2.88. The first-order chi connectivity index (χ1) is 11.5. The lowest BCUT2D eigenvalue weighted by Gasteiger charge is -2.30. The van der Waals surface area contributed by atoms with Crippen LogP contribution in [0.25, 0.3) is 0 Å². The molecule has 1 aromatic carbocycles. The van der Waals surface area contributed by atoms with E-state index in [1.165, 1.54) is 0 Å². The molecule has 1 fully saturated rings. The van der Waals surface area contributed by atoms with E-state index < -0.39 is 6.10 Å². The number of nitrogens with zero attached hydrogens (tertiary/aromatic N) is 2. The fourth-order valence-electron chi connectivity index (χ4n) is 2.88. The Morgan fingerprint density at radius 1 is 1.46 bits per heavy atom. The summed E-state index contributed by atoms with van der Waals surface area (Å²) in [4.78, 5) is 18.6. The van der Waals surface area contributed by atoms with Gasteiger partial charge in [0.25, 0.3) is 5.91 Å². The Morgan fingerprint density at radius 3 is 3.00 bits per heavy atom. The number of aromatic nitrogens is 1. The van der Waals surface area contributed by atoms with Crippen LogP contribution in [0, 0.1) is 13.8 Å². The number of carbonyl (C=O) groups excluding carboxylic acids is 1. The van der Waals surface area contributed by atoms with Gasteiger partial charge in [-0.2, -0.15) is 0 Å². The van der Waals surface area contributed by atoms with Gasteiger partial charge in [-0.1, -0.05) is 6.07 Å². The van der Waals surface area contributed by atoms with Crippen molar-refractivity contribution in [1.29, 1.82) is 0 Å². The van der Waals surface area contributed by atoms with E-state index in [-0.39, 0.29) is 5.91 Å². The van der Waals surface area contributed by atoms with Crippen molar-refractivity contribution in [2.45, 2.75) is 39.3 Å². The van der Waals surface area contributed by atoms with Crippen LogP contribution in [0.1, 0.15) is 40.5 Å². The number of hydrogen-bond acceptors (Lipinski definition) is 5. The molecule has 0 aliphatic carbocycles. The molecule has 1 saturated heterocycles. The molecule has 6 nitrogen and oxygen atoms in total. The Bertz CT molecular complexity index is 707. The van der Waals surface area contributed by atoms with E-state index >= 15 is 0 Å². The summed E-state index contributed by atoms with van der Waals surface area (Å²) < 4.78 is 5.54. The third kappa shape index (κ3) is 3.76. The van der Waals surface area contributed by atoms with Crippen molar-refractivity contribution in [2.24, 2.45) is 0 Å². The lowest BCUT2D eigenvalue weighted by Crippen LogP contribution is -2.42. The van der Waals surface area contributed by atoms with E-state index in [1.807, 2.05) is 32.0 Å². The highest BCUT2D eigenvalue weighted by molar-refractivity contribution is 5.95. The number of oxazole rings is 1. The number of aliphatic hydroxyl groups excluding tert-OH is 1. The number of β-amino-alcohol motifs (C(OH)–C–C–N with tert-alkyl or cyclic N) is 1. The highest BCUT2D eigenvalue weighted by Crippen LogP contribution is 2.17. The second-order valence-corrected chi connectivity index (χ2v) is 6.23. The van der Waals surface area contributed by atoms with Gasteiger partial charge < -0.3 is 19.7 Å². The molecule has 0 spiro atoms. The Balaban J connectivity index is 1.66. The summed E-state index contributed by atoms with van der Waals surface area (Å²) >= 11 is 0. The monoisotopic (exact) mass is 329 g/mol. The van der Waals surface area contributed by atoms with Gasteiger partial charge in [0.15, 0.2) is 0 Å². The van der Waals surface area contributed by atoms with Crippen molar-refractivity contribution in [3.8, 4) is 0 Å². The first-order valence-electron chi connectivity index (χ1n) is 8.27. The molecule has 0 bridgehead atoms. The number of hydrogen-bond donors (Lipinski definition) is 2. The van der Waals surface area contributed by atoms with Crippen LogP contribution < -0.4 is 5.32 Å². The zero-order valence-corrected chi connectivity index (χ0v) is 14.1. The van der Waals surface area contributed by atoms with Gasteiger partial charge in [0.05, 0.1) is 18.3 Å². The Morgan fingerprint density at radius 2 is 2.29 bits per heavy atom. The van der Waals surface area contributed by atoms with Crippen molar-refractivity contribution < 1.29 is 14.3 Å². The molecule has 1 aromatic heterocycles. The normalized spacial score (nSPS) is 17.8. The molecule has 0 radical (unpaired) electrons. The van der Waals surface area contributed by atoms with Crippen molar-refractivity contribution >= 4 is 11.6 Å². The molecule has 6 heteroatoms. The summed E-state index contributed by atoms with van der Waals surface area (Å²) in [5, 5.41) is 13.0. The maximum absolute atomic E-state index is 12.6. The molecule has 128 valence electrons. The van der Waals surface area contributed by atoms with Crippen LogP contribution in [0.4, 0.5) is 5.69 Å². The van der Waals surface area contributed by atoms with Crippen LogP contribution in [0.3, 0.4) is 0 Å². The number of piperidine rings is 1. The van der Waals surface area contributed by atoms with E-state index in [9.17, 15) is 9.90 Å². The van der Waals surface area contributed by atoms with Crippen LogP contribution in [0.15, 0.2) is 28.7 Å². The van der Waals surface area contributed by atoms with Crippen LogP contribution in [0.5, 0.6) is 0 Å². The second kappa shape index (κ2) is 7.05. The maximum Gasteiger partial charge on any atom is 0.254 e. The Labute approximate surface area is 141 Å². The van der Waals surface area contributed by atoms with Gasteiger partial charge in [0, 0.05) is 24.3 Å². The molecule has 1 atom stereocenters. The molecule has 2 aromatic rings. The van der Waals surface area contributed by atoms with Crippen LogP contribution in [-0.4, -0.2) is 40.1 Å². The molecule has 1 amide bonds. The number of aliphatic hydroxyl groups is 1. The summed E-state index contributed by atoms with van der Waals surface area (Å²) in [6.45, 7) is 5.37. The van der Waals surface area contributed by atoms with Crippen molar-refractivity contribution in [3.63, 3.8) is 0 Å². The standard InChI is InChI=1S/C18H23N3O3/c1-12-13(2)24-17(20-12)10-19-15-6-3-5-14(9-15)18(23)21-8-4-7-16(22)11-21/h3,5-6,9,16,19,22H,4,7-8,10-11H2,1-2H3/t16-/m0/s1. The maximum atomic E-state index is 12.6. The van der Waals surface area contributed by atoms with Crippen LogP contribution in [0.2, 0.25) is 0 Å². The van der Waals surface area contributed by atoms with Gasteiger partial charge in [-0.25, -0.2) is 4.98 Å². The van der Waals surface area contributed by atoms with Crippen LogP contribution >= 0.6 is 0 Å². The first kappa shape index (κ1) is 16.5. The zero-order chi connectivity index (χ0) is 17.1. The molecule has 2 heterocycles. The van der Waals surface area contributed by atoms with E-state index in [2.05, 4.69) is 10.3 Å². The molecule has 24 heavy (non-hydrogen) atoms. The van der Waals surface area contributed by atoms with Gasteiger partial charge >= 0.3 is 0 Å². The third-order valence-corrected chi connectivity index (χ3v) is 4.31. The number of nitrogens with one attached hydrogen (secondary N) is 1.